The van der Waals surface area contributed by atoms with Crippen molar-refractivity contribution in [3.05, 3.63) is 65.7 Å². The van der Waals surface area contributed by atoms with Gasteiger partial charge in [0.25, 0.3) is 5.91 Å². The van der Waals surface area contributed by atoms with Gasteiger partial charge in [0.2, 0.25) is 0 Å². The molecular weight excluding hydrogens is 328 g/mol. The van der Waals surface area contributed by atoms with Gasteiger partial charge in [0.15, 0.2) is 6.61 Å². The number of nitrogens with one attached hydrogen (secondary N) is 2. The number of amides is 1. The molecule has 1 atom stereocenters. The second-order valence-corrected chi connectivity index (χ2v) is 6.10. The van der Waals surface area contributed by atoms with E-state index in [1.165, 1.54) is 0 Å². The van der Waals surface area contributed by atoms with Gasteiger partial charge in [-0.3, -0.25) is 4.79 Å². The van der Waals surface area contributed by atoms with Crippen LogP contribution in [0.2, 0.25) is 0 Å². The van der Waals surface area contributed by atoms with E-state index in [4.69, 9.17) is 4.74 Å². The summed E-state index contributed by atoms with van der Waals surface area (Å²) in [4.78, 5) is 24.4. The van der Waals surface area contributed by atoms with Crippen molar-refractivity contribution >= 4 is 17.6 Å². The molecule has 0 saturated carbocycles. The van der Waals surface area contributed by atoms with Crippen molar-refractivity contribution in [1.29, 1.82) is 0 Å². The van der Waals surface area contributed by atoms with Crippen LogP contribution in [0.5, 0.6) is 0 Å². The zero-order valence-corrected chi connectivity index (χ0v) is 15.3. The maximum Gasteiger partial charge on any atom is 0.340 e. The fourth-order valence-electron chi connectivity index (χ4n) is 2.53. The van der Waals surface area contributed by atoms with Crippen molar-refractivity contribution in [1.82, 2.24) is 5.32 Å². The summed E-state index contributed by atoms with van der Waals surface area (Å²) in [6.45, 7) is 4.48. The lowest BCUT2D eigenvalue weighted by atomic mass is 10.1. The molecule has 2 aromatic carbocycles. The van der Waals surface area contributed by atoms with Crippen LogP contribution in [-0.4, -0.2) is 25.0 Å². The van der Waals surface area contributed by atoms with Crippen molar-refractivity contribution in [2.75, 3.05) is 18.5 Å². The van der Waals surface area contributed by atoms with Gasteiger partial charge in [0.05, 0.1) is 11.6 Å². The molecular formula is C21H26N2O3. The van der Waals surface area contributed by atoms with Crippen LogP contribution in [0.4, 0.5) is 5.69 Å². The number of benzene rings is 2. The Kier molecular flexibility index (Phi) is 7.68. The zero-order chi connectivity index (χ0) is 18.8. The molecule has 2 N–H and O–H groups in total. The smallest absolute Gasteiger partial charge is 0.340 e. The Balaban J connectivity index is 1.87. The average molecular weight is 354 g/mol. The van der Waals surface area contributed by atoms with E-state index in [2.05, 4.69) is 17.6 Å². The Hall–Kier alpha value is -2.82. The first-order valence-electron chi connectivity index (χ1n) is 8.96. The van der Waals surface area contributed by atoms with Crippen molar-refractivity contribution in [2.45, 2.75) is 32.7 Å². The lowest BCUT2D eigenvalue weighted by Crippen LogP contribution is -2.31. The molecule has 1 amide bonds. The lowest BCUT2D eigenvalue weighted by molar-refractivity contribution is -0.124. The minimum absolute atomic E-state index is 0.148. The normalized spacial score (nSPS) is 11.5. The van der Waals surface area contributed by atoms with E-state index in [0.29, 0.717) is 5.56 Å². The topological polar surface area (TPSA) is 67.4 Å². The third-order valence-corrected chi connectivity index (χ3v) is 4.00. The first-order valence-corrected chi connectivity index (χ1v) is 8.96. The van der Waals surface area contributed by atoms with Gasteiger partial charge >= 0.3 is 5.97 Å². The van der Waals surface area contributed by atoms with Gasteiger partial charge in [-0.25, -0.2) is 4.79 Å². The molecule has 0 radical (unpaired) electrons. The second kappa shape index (κ2) is 10.2. The molecule has 5 heteroatoms. The van der Waals surface area contributed by atoms with Crippen LogP contribution in [0.3, 0.4) is 0 Å². The number of hydrogen-bond acceptors (Lipinski definition) is 4. The van der Waals surface area contributed by atoms with Gasteiger partial charge in [-0.1, -0.05) is 55.8 Å². The Bertz CT molecular complexity index is 716. The van der Waals surface area contributed by atoms with Crippen molar-refractivity contribution in [2.24, 2.45) is 0 Å². The molecule has 138 valence electrons. The maximum atomic E-state index is 12.3. The number of carbonyl (C=O) groups excluding carboxylic acids is 2. The third kappa shape index (κ3) is 5.92. The largest absolute Gasteiger partial charge is 0.452 e. The minimum atomic E-state index is -0.507. The first-order chi connectivity index (χ1) is 12.6. The van der Waals surface area contributed by atoms with Crippen LogP contribution in [0.25, 0.3) is 0 Å². The summed E-state index contributed by atoms with van der Waals surface area (Å²) in [5.74, 6) is -0.835. The van der Waals surface area contributed by atoms with Crippen LogP contribution in [0.15, 0.2) is 54.6 Å². The fourth-order valence-corrected chi connectivity index (χ4v) is 2.53. The first kappa shape index (κ1) is 19.5. The highest BCUT2D eigenvalue weighted by Crippen LogP contribution is 2.16. The van der Waals surface area contributed by atoms with Crippen molar-refractivity contribution in [3.63, 3.8) is 0 Å². The molecule has 0 aliphatic carbocycles. The Labute approximate surface area is 154 Å². The number of hydrogen-bond donors (Lipinski definition) is 2. The van der Waals surface area contributed by atoms with Gasteiger partial charge in [-0.2, -0.15) is 0 Å². The van der Waals surface area contributed by atoms with E-state index in [1.807, 2.05) is 49.4 Å². The van der Waals surface area contributed by atoms with Gasteiger partial charge in [0, 0.05) is 12.2 Å². The molecule has 26 heavy (non-hydrogen) atoms. The van der Waals surface area contributed by atoms with Gasteiger partial charge < -0.3 is 15.4 Å². The van der Waals surface area contributed by atoms with E-state index in [9.17, 15) is 9.59 Å². The summed E-state index contributed by atoms with van der Waals surface area (Å²) in [6, 6.07) is 16.7. The van der Waals surface area contributed by atoms with E-state index in [0.717, 1.165) is 30.6 Å². The zero-order valence-electron chi connectivity index (χ0n) is 15.3. The summed E-state index contributed by atoms with van der Waals surface area (Å²) in [7, 11) is 0. The number of anilines is 1. The summed E-state index contributed by atoms with van der Waals surface area (Å²) in [5, 5.41) is 6.06. The van der Waals surface area contributed by atoms with Crippen molar-refractivity contribution in [3.8, 4) is 0 Å². The van der Waals surface area contributed by atoms with Crippen molar-refractivity contribution < 1.29 is 14.3 Å². The van der Waals surface area contributed by atoms with E-state index < -0.39 is 5.97 Å². The number of unbranched alkanes of at least 4 members (excludes halogenated alkanes) is 1. The lowest BCUT2D eigenvalue weighted by Gasteiger charge is -2.15. The Morgan fingerprint density at radius 1 is 1.04 bits per heavy atom. The number of esters is 1. The molecule has 2 rings (SSSR count). The highest BCUT2D eigenvalue weighted by molar-refractivity contribution is 5.96. The van der Waals surface area contributed by atoms with Gasteiger partial charge in [-0.15, -0.1) is 0 Å². The molecule has 2 aromatic rings. The monoisotopic (exact) mass is 354 g/mol. The van der Waals surface area contributed by atoms with Crippen LogP contribution in [0.1, 0.15) is 48.7 Å². The second-order valence-electron chi connectivity index (χ2n) is 6.10. The van der Waals surface area contributed by atoms with Crippen LogP contribution < -0.4 is 10.6 Å². The summed E-state index contributed by atoms with van der Waals surface area (Å²) in [5.41, 5.74) is 2.16. The highest BCUT2D eigenvalue weighted by atomic mass is 16.5. The maximum absolute atomic E-state index is 12.3. The molecule has 0 fully saturated rings. The van der Waals surface area contributed by atoms with Gasteiger partial charge in [0.1, 0.15) is 0 Å². The van der Waals surface area contributed by atoms with E-state index in [1.54, 1.807) is 12.1 Å². The third-order valence-electron chi connectivity index (χ3n) is 4.00. The molecule has 0 spiro atoms. The standard InChI is InChI=1S/C21H26N2O3/c1-3-4-14-22-19-13-9-8-12-18(19)21(25)26-15-20(24)23-16(2)17-10-6-5-7-11-17/h5-13,16,22H,3-4,14-15H2,1-2H3,(H,23,24)/t16-/m0/s1. The molecule has 0 aliphatic rings. The average Bonchev–Trinajstić information content (AvgIpc) is 2.67. The summed E-state index contributed by atoms with van der Waals surface area (Å²) in [6.07, 6.45) is 2.09. The SMILES string of the molecule is CCCCNc1ccccc1C(=O)OCC(=O)N[C@@H](C)c1ccccc1. The van der Waals surface area contributed by atoms with Crippen LogP contribution in [-0.2, 0) is 9.53 Å². The molecule has 0 heterocycles. The molecule has 0 aliphatic heterocycles. The Morgan fingerprint density at radius 2 is 1.73 bits per heavy atom. The van der Waals surface area contributed by atoms with E-state index >= 15 is 0 Å². The number of ether oxygens (including phenoxy) is 1. The van der Waals surface area contributed by atoms with Crippen LogP contribution >= 0.6 is 0 Å². The fraction of sp³-hybridized carbons (Fsp3) is 0.333. The highest BCUT2D eigenvalue weighted by Gasteiger charge is 2.15. The predicted octanol–water partition coefficient (Wildman–Crippen LogP) is 3.93. The quantitative estimate of drug-likeness (QED) is 0.529. The number of carbonyl (C=O) groups is 2. The minimum Gasteiger partial charge on any atom is -0.452 e. The molecule has 5 nitrogen and oxygen atoms in total. The Morgan fingerprint density at radius 3 is 2.46 bits per heavy atom. The molecule has 0 aromatic heterocycles. The van der Waals surface area contributed by atoms with E-state index in [-0.39, 0.29) is 18.6 Å². The van der Waals surface area contributed by atoms with Crippen LogP contribution in [0, 0.1) is 0 Å². The molecule has 0 saturated heterocycles. The molecule has 0 bridgehead atoms. The molecule has 0 unspecified atom stereocenters. The number of para-hydroxylation sites is 1. The number of rotatable bonds is 9. The summed E-state index contributed by atoms with van der Waals surface area (Å²) >= 11 is 0. The predicted molar refractivity (Wildman–Crippen MR) is 103 cm³/mol. The summed E-state index contributed by atoms with van der Waals surface area (Å²) < 4.78 is 5.18. The van der Waals surface area contributed by atoms with Gasteiger partial charge in [-0.05, 0) is 31.0 Å².